The lowest BCUT2D eigenvalue weighted by Crippen LogP contribution is -2.53. The van der Waals surface area contributed by atoms with Crippen LogP contribution >= 0.6 is 23.4 Å². The fourth-order valence-corrected chi connectivity index (χ4v) is 6.23. The van der Waals surface area contributed by atoms with E-state index in [1.54, 1.807) is 15.9 Å². The Morgan fingerprint density at radius 1 is 1.23 bits per heavy atom. The van der Waals surface area contributed by atoms with Gasteiger partial charge in [-0.3, -0.25) is 9.69 Å². The van der Waals surface area contributed by atoms with Crippen LogP contribution in [0.4, 0.5) is 10.5 Å². The zero-order chi connectivity index (χ0) is 21.7. The molecule has 7 heteroatoms. The van der Waals surface area contributed by atoms with E-state index in [1.807, 2.05) is 50.2 Å². The van der Waals surface area contributed by atoms with Gasteiger partial charge in [-0.15, -0.1) is 11.8 Å². The number of halogens is 1. The molecule has 0 bridgehead atoms. The standard InChI is InChI=1S/C23H26ClN3O2S/c1-5-25-21(29)27-14-22(3,4)30-23(27)18-12-17(24)10-11-19(18)26(20(23)28)13-16-9-7-6-8-15(16)2/h6-12H,5,13-14H2,1-4H3,(H,25,29)/t23-/m1/s1. The van der Waals surface area contributed by atoms with Gasteiger partial charge in [-0.25, -0.2) is 4.79 Å². The third-order valence-corrected chi connectivity index (χ3v) is 7.48. The Labute approximate surface area is 186 Å². The van der Waals surface area contributed by atoms with Crippen LogP contribution in [0.15, 0.2) is 42.5 Å². The maximum Gasteiger partial charge on any atom is 0.319 e. The number of benzene rings is 2. The van der Waals surface area contributed by atoms with E-state index < -0.39 is 4.87 Å². The number of nitrogens with zero attached hydrogens (tertiary/aromatic N) is 2. The minimum absolute atomic E-state index is 0.0927. The van der Waals surface area contributed by atoms with Gasteiger partial charge in [-0.05, 0) is 57.0 Å². The summed E-state index contributed by atoms with van der Waals surface area (Å²) >= 11 is 7.90. The lowest BCUT2D eigenvalue weighted by Gasteiger charge is -2.33. The van der Waals surface area contributed by atoms with E-state index in [4.69, 9.17) is 11.6 Å². The second kappa shape index (κ2) is 7.50. The minimum atomic E-state index is -1.12. The number of urea groups is 1. The number of carbonyl (C=O) groups is 2. The molecule has 2 aliphatic rings. The third-order valence-electron chi connectivity index (χ3n) is 5.66. The maximum atomic E-state index is 14.1. The van der Waals surface area contributed by atoms with Crippen LogP contribution in [-0.4, -0.2) is 34.7 Å². The van der Waals surface area contributed by atoms with E-state index in [2.05, 4.69) is 19.2 Å². The van der Waals surface area contributed by atoms with Gasteiger partial charge in [0.25, 0.3) is 5.91 Å². The summed E-state index contributed by atoms with van der Waals surface area (Å²) in [5.41, 5.74) is 3.81. The highest BCUT2D eigenvalue weighted by molar-refractivity contribution is 8.02. The Morgan fingerprint density at radius 2 is 1.97 bits per heavy atom. The van der Waals surface area contributed by atoms with Crippen LogP contribution in [0.5, 0.6) is 0 Å². The first-order chi connectivity index (χ1) is 14.2. The summed E-state index contributed by atoms with van der Waals surface area (Å²) in [6, 6.07) is 13.4. The summed E-state index contributed by atoms with van der Waals surface area (Å²) < 4.78 is -0.279. The number of carbonyl (C=O) groups excluding carboxylic acids is 2. The van der Waals surface area contributed by atoms with Crippen LogP contribution in [0.25, 0.3) is 0 Å². The van der Waals surface area contributed by atoms with Gasteiger partial charge in [0.1, 0.15) is 0 Å². The average molecular weight is 444 g/mol. The van der Waals surface area contributed by atoms with Crippen LogP contribution in [-0.2, 0) is 16.2 Å². The van der Waals surface area contributed by atoms with Crippen molar-refractivity contribution in [3.05, 3.63) is 64.2 Å². The van der Waals surface area contributed by atoms with Crippen molar-refractivity contribution in [2.45, 2.75) is 43.9 Å². The van der Waals surface area contributed by atoms with E-state index in [-0.39, 0.29) is 16.7 Å². The molecule has 0 aliphatic carbocycles. The molecule has 0 aromatic heterocycles. The van der Waals surface area contributed by atoms with Crippen molar-refractivity contribution in [3.63, 3.8) is 0 Å². The van der Waals surface area contributed by atoms with Gasteiger partial charge >= 0.3 is 6.03 Å². The third kappa shape index (κ3) is 3.26. The van der Waals surface area contributed by atoms with E-state index in [1.165, 1.54) is 11.8 Å². The number of amides is 3. The van der Waals surface area contributed by atoms with Crippen molar-refractivity contribution >= 4 is 41.0 Å². The zero-order valence-corrected chi connectivity index (χ0v) is 19.2. The van der Waals surface area contributed by atoms with E-state index >= 15 is 0 Å². The predicted molar refractivity (Wildman–Crippen MR) is 123 cm³/mol. The van der Waals surface area contributed by atoms with E-state index in [0.717, 1.165) is 22.4 Å². The summed E-state index contributed by atoms with van der Waals surface area (Å²) in [4.78, 5) is 29.5. The molecule has 30 heavy (non-hydrogen) atoms. The normalized spacial score (nSPS) is 22.0. The molecule has 5 nitrogen and oxygen atoms in total. The van der Waals surface area contributed by atoms with Crippen molar-refractivity contribution in [1.29, 1.82) is 0 Å². The van der Waals surface area contributed by atoms with Crippen molar-refractivity contribution in [2.75, 3.05) is 18.0 Å². The molecule has 0 saturated carbocycles. The van der Waals surface area contributed by atoms with Crippen molar-refractivity contribution in [3.8, 4) is 0 Å². The first kappa shape index (κ1) is 21.1. The van der Waals surface area contributed by atoms with Crippen molar-refractivity contribution in [1.82, 2.24) is 10.2 Å². The smallest absolute Gasteiger partial charge is 0.319 e. The van der Waals surface area contributed by atoms with Crippen molar-refractivity contribution < 1.29 is 9.59 Å². The van der Waals surface area contributed by atoms with Crippen LogP contribution in [0, 0.1) is 6.92 Å². The SMILES string of the molecule is CCNC(=O)N1CC(C)(C)S[C@]12C(=O)N(Cc1ccccc1C)c1ccc(Cl)cc12. The fraction of sp³-hybridized carbons (Fsp3) is 0.391. The first-order valence-corrected chi connectivity index (χ1v) is 11.3. The summed E-state index contributed by atoms with van der Waals surface area (Å²) in [6.45, 7) is 9.49. The molecular formula is C23H26ClN3O2S. The average Bonchev–Trinajstić information content (AvgIpc) is 3.10. The Balaban J connectivity index is 1.86. The van der Waals surface area contributed by atoms with Crippen molar-refractivity contribution in [2.24, 2.45) is 0 Å². The molecule has 2 aliphatic heterocycles. The molecule has 1 fully saturated rings. The predicted octanol–water partition coefficient (Wildman–Crippen LogP) is 4.90. The molecule has 1 N–H and O–H groups in total. The lowest BCUT2D eigenvalue weighted by molar-refractivity contribution is -0.123. The molecule has 0 radical (unpaired) electrons. The summed E-state index contributed by atoms with van der Waals surface area (Å²) in [5.74, 6) is -0.0927. The van der Waals surface area contributed by atoms with Gasteiger partial charge in [0, 0.05) is 28.4 Å². The molecule has 4 rings (SSSR count). The Bertz CT molecular complexity index is 1030. The molecule has 3 amide bonds. The van der Waals surface area contributed by atoms with Gasteiger partial charge < -0.3 is 10.2 Å². The number of hydrogen-bond donors (Lipinski definition) is 1. The molecule has 1 atom stereocenters. The highest BCUT2D eigenvalue weighted by atomic mass is 35.5. The Hall–Kier alpha value is -2.18. The second-order valence-corrected chi connectivity index (χ2v) is 10.7. The molecular weight excluding hydrogens is 418 g/mol. The van der Waals surface area contributed by atoms with Crippen LogP contribution in [0.1, 0.15) is 37.5 Å². The monoisotopic (exact) mass is 443 g/mol. The summed E-state index contributed by atoms with van der Waals surface area (Å²) in [7, 11) is 0. The van der Waals surface area contributed by atoms with Gasteiger partial charge in [0.2, 0.25) is 0 Å². The number of fused-ring (bicyclic) bond motifs is 2. The number of aryl methyl sites for hydroxylation is 1. The molecule has 0 unspecified atom stereocenters. The highest BCUT2D eigenvalue weighted by Gasteiger charge is 2.63. The Morgan fingerprint density at radius 3 is 2.67 bits per heavy atom. The van der Waals surface area contributed by atoms with Crippen LogP contribution in [0.2, 0.25) is 5.02 Å². The quantitative estimate of drug-likeness (QED) is 0.733. The maximum absolute atomic E-state index is 14.1. The summed E-state index contributed by atoms with van der Waals surface area (Å²) in [5, 5.41) is 3.44. The number of hydrogen-bond acceptors (Lipinski definition) is 3. The lowest BCUT2D eigenvalue weighted by atomic mass is 10.0. The van der Waals surface area contributed by atoms with E-state index in [9.17, 15) is 9.59 Å². The number of nitrogens with one attached hydrogen (secondary N) is 1. The largest absolute Gasteiger partial charge is 0.338 e. The van der Waals surface area contributed by atoms with Gasteiger partial charge in [0.05, 0.1) is 12.2 Å². The first-order valence-electron chi connectivity index (χ1n) is 10.1. The highest BCUT2D eigenvalue weighted by Crippen LogP contribution is 2.60. The number of rotatable bonds is 3. The molecule has 158 valence electrons. The topological polar surface area (TPSA) is 52.7 Å². The van der Waals surface area contributed by atoms with E-state index in [0.29, 0.717) is 24.7 Å². The Kier molecular flexibility index (Phi) is 5.27. The molecule has 1 spiro atoms. The van der Waals surface area contributed by atoms with Gasteiger partial charge in [-0.2, -0.15) is 0 Å². The van der Waals surface area contributed by atoms with Gasteiger partial charge in [-0.1, -0.05) is 35.9 Å². The molecule has 1 saturated heterocycles. The summed E-state index contributed by atoms with van der Waals surface area (Å²) in [6.07, 6.45) is 0. The van der Waals surface area contributed by atoms with Gasteiger partial charge in [0.15, 0.2) is 4.87 Å². The number of anilines is 1. The second-order valence-electron chi connectivity index (χ2n) is 8.41. The molecule has 2 heterocycles. The minimum Gasteiger partial charge on any atom is -0.338 e. The van der Waals surface area contributed by atoms with Crippen LogP contribution < -0.4 is 10.2 Å². The zero-order valence-electron chi connectivity index (χ0n) is 17.7. The number of thioether (sulfide) groups is 1. The molecule has 2 aromatic rings. The molecule has 2 aromatic carbocycles. The van der Waals surface area contributed by atoms with Crippen LogP contribution in [0.3, 0.4) is 0 Å². The fourth-order valence-electron chi connectivity index (χ4n) is 4.34.